The molecule has 0 aliphatic carbocycles. The van der Waals surface area contributed by atoms with Gasteiger partial charge in [-0.2, -0.15) is 4.98 Å². The molecular weight excluding hydrogens is 306 g/mol. The maximum absolute atomic E-state index is 11.9. The molecule has 7 heteroatoms. The van der Waals surface area contributed by atoms with E-state index in [2.05, 4.69) is 27.2 Å². The number of aromatic nitrogens is 3. The molecule has 0 spiro atoms. The molecule has 0 atom stereocenters. The highest BCUT2D eigenvalue weighted by Gasteiger charge is 2.11. The molecule has 24 heavy (non-hydrogen) atoms. The summed E-state index contributed by atoms with van der Waals surface area (Å²) in [5.74, 6) is 2.48. The molecule has 2 aromatic heterocycles. The van der Waals surface area contributed by atoms with Crippen molar-refractivity contribution in [3.05, 3.63) is 22.1 Å². The number of nitrogen functional groups attached to an aromatic ring is 1. The summed E-state index contributed by atoms with van der Waals surface area (Å²) in [6.07, 6.45) is 1.67. The van der Waals surface area contributed by atoms with Gasteiger partial charge in [0, 0.05) is 25.2 Å². The van der Waals surface area contributed by atoms with Crippen molar-refractivity contribution in [2.45, 2.75) is 41.5 Å². The summed E-state index contributed by atoms with van der Waals surface area (Å²) in [7, 11) is 1.74. The molecule has 4 N–H and O–H groups in total. The molecule has 0 bridgehead atoms. The lowest BCUT2D eigenvalue weighted by Gasteiger charge is -1.98. The number of nitrogens with zero attached hydrogens (tertiary/aromatic N) is 2. The van der Waals surface area contributed by atoms with Crippen molar-refractivity contribution in [2.24, 2.45) is 13.0 Å². The molecule has 0 radical (unpaired) electrons. The highest BCUT2D eigenvalue weighted by atomic mass is 16.1. The number of anilines is 1. The van der Waals surface area contributed by atoms with Crippen molar-refractivity contribution in [2.75, 3.05) is 5.73 Å². The number of nitrogens with one attached hydrogen (secondary N) is 2. The Morgan fingerprint density at radius 1 is 1.33 bits per heavy atom. The number of amides is 1. The minimum absolute atomic E-state index is 0.0521. The van der Waals surface area contributed by atoms with Gasteiger partial charge in [0.15, 0.2) is 5.65 Å². The van der Waals surface area contributed by atoms with E-state index in [0.29, 0.717) is 16.6 Å². The third kappa shape index (κ3) is 5.16. The molecule has 0 fully saturated rings. The first-order chi connectivity index (χ1) is 11.4. The number of H-pyrrole nitrogens is 1. The molecule has 2 heterocycles. The van der Waals surface area contributed by atoms with Crippen LogP contribution in [0.5, 0.6) is 0 Å². The number of aromatic amines is 1. The van der Waals surface area contributed by atoms with Crippen molar-refractivity contribution >= 4 is 22.9 Å². The highest BCUT2D eigenvalue weighted by molar-refractivity contribution is 5.84. The standard InChI is InChI=1S/C13H15N5O2.2C2H6/c1-7(2)11(19)15-5-4-8-6-18(3)10-9(8)12(20)17-13(14)16-10;2*1-2/h6-7H,1-3H3,(H,15,19)(H3,14,16,17,20);2*1-2H3. The maximum atomic E-state index is 11.9. The average molecular weight is 333 g/mol. The zero-order chi connectivity index (χ0) is 18.9. The molecule has 7 nitrogen and oxygen atoms in total. The second-order valence-electron chi connectivity index (χ2n) is 4.70. The van der Waals surface area contributed by atoms with Crippen LogP contribution >= 0.6 is 0 Å². The number of carbonyl (C=O) groups excluding carboxylic acids is 1. The van der Waals surface area contributed by atoms with Gasteiger partial charge in [0.2, 0.25) is 11.9 Å². The van der Waals surface area contributed by atoms with Crippen LogP contribution in [0.1, 0.15) is 47.1 Å². The Hall–Kier alpha value is -2.75. The second-order valence-corrected chi connectivity index (χ2v) is 4.70. The number of carbonyl (C=O) groups is 1. The monoisotopic (exact) mass is 333 g/mol. The van der Waals surface area contributed by atoms with Gasteiger partial charge in [0.1, 0.15) is 0 Å². The maximum Gasteiger partial charge on any atom is 0.263 e. The van der Waals surface area contributed by atoms with Gasteiger partial charge in [-0.15, -0.1) is 0 Å². The quantitative estimate of drug-likeness (QED) is 0.548. The van der Waals surface area contributed by atoms with E-state index in [1.807, 2.05) is 27.7 Å². The van der Waals surface area contributed by atoms with E-state index in [1.165, 1.54) is 0 Å². The summed E-state index contributed by atoms with van der Waals surface area (Å²) in [6, 6.07) is 2.56. The second kappa shape index (κ2) is 10.1. The third-order valence-electron chi connectivity index (χ3n) is 2.75. The Kier molecular flexibility index (Phi) is 8.95. The SMILES string of the molecule is CC.CC.CC(C)C(=O)NC#Cc1cn(C)c2nc(N)[nH]c(=O)c12. The summed E-state index contributed by atoms with van der Waals surface area (Å²) in [4.78, 5) is 29.8. The Morgan fingerprint density at radius 2 is 1.92 bits per heavy atom. The van der Waals surface area contributed by atoms with E-state index < -0.39 is 0 Å². The Bertz CT molecular complexity index is 791. The topological polar surface area (TPSA) is 106 Å². The Morgan fingerprint density at radius 3 is 2.46 bits per heavy atom. The van der Waals surface area contributed by atoms with Crippen molar-refractivity contribution in [1.29, 1.82) is 0 Å². The number of hydrogen-bond donors (Lipinski definition) is 3. The first-order valence-electron chi connectivity index (χ1n) is 8.06. The molecule has 132 valence electrons. The average Bonchev–Trinajstić information content (AvgIpc) is 2.87. The normalized spacial score (nSPS) is 9.17. The largest absolute Gasteiger partial charge is 0.369 e. The van der Waals surface area contributed by atoms with Gasteiger partial charge in [-0.25, -0.2) is 0 Å². The fourth-order valence-electron chi connectivity index (χ4n) is 1.69. The molecule has 0 saturated carbocycles. The van der Waals surface area contributed by atoms with Gasteiger partial charge in [0.05, 0.1) is 10.9 Å². The number of hydrogen-bond acceptors (Lipinski definition) is 4. The number of nitrogens with two attached hydrogens (primary N) is 1. The van der Waals surface area contributed by atoms with Crippen LogP contribution in [0.15, 0.2) is 11.0 Å². The van der Waals surface area contributed by atoms with Crippen molar-refractivity contribution < 1.29 is 4.79 Å². The van der Waals surface area contributed by atoms with Crippen LogP contribution in [-0.2, 0) is 11.8 Å². The predicted octanol–water partition coefficient (Wildman–Crippen LogP) is 1.98. The van der Waals surface area contributed by atoms with Crippen LogP contribution in [0.25, 0.3) is 11.0 Å². The highest BCUT2D eigenvalue weighted by Crippen LogP contribution is 2.13. The molecule has 2 rings (SSSR count). The van der Waals surface area contributed by atoms with Crippen LogP contribution < -0.4 is 16.6 Å². The summed E-state index contributed by atoms with van der Waals surface area (Å²) < 4.78 is 1.66. The van der Waals surface area contributed by atoms with Gasteiger partial charge in [-0.05, 0) is 5.92 Å². The first-order valence-corrected chi connectivity index (χ1v) is 8.06. The van der Waals surface area contributed by atoms with Crippen molar-refractivity contribution in [3.8, 4) is 12.0 Å². The minimum Gasteiger partial charge on any atom is -0.369 e. The van der Waals surface area contributed by atoms with Crippen molar-refractivity contribution in [3.63, 3.8) is 0 Å². The van der Waals surface area contributed by atoms with Crippen LogP contribution in [0.4, 0.5) is 5.95 Å². The molecule has 0 aliphatic heterocycles. The summed E-state index contributed by atoms with van der Waals surface area (Å²) in [5, 5.41) is 2.82. The molecular formula is C17H27N5O2. The van der Waals surface area contributed by atoms with Gasteiger partial charge in [-0.3, -0.25) is 19.9 Å². The lowest BCUT2D eigenvalue weighted by molar-refractivity contribution is -0.122. The number of rotatable bonds is 1. The Labute approximate surface area is 142 Å². The van der Waals surface area contributed by atoms with Crippen LogP contribution in [0.3, 0.4) is 0 Å². The van der Waals surface area contributed by atoms with E-state index in [0.717, 1.165) is 0 Å². The van der Waals surface area contributed by atoms with Gasteiger partial charge in [-0.1, -0.05) is 41.5 Å². The molecule has 0 aliphatic rings. The van der Waals surface area contributed by atoms with Crippen molar-refractivity contribution in [1.82, 2.24) is 19.9 Å². The summed E-state index contributed by atoms with van der Waals surface area (Å²) in [5.41, 5.74) is 6.09. The number of aryl methyl sites for hydroxylation is 1. The summed E-state index contributed by atoms with van der Waals surface area (Å²) >= 11 is 0. The predicted molar refractivity (Wildman–Crippen MR) is 98.3 cm³/mol. The lowest BCUT2D eigenvalue weighted by Crippen LogP contribution is -2.22. The van der Waals surface area contributed by atoms with Crippen LogP contribution in [0.2, 0.25) is 0 Å². The number of fused-ring (bicyclic) bond motifs is 1. The minimum atomic E-state index is -0.354. The van der Waals surface area contributed by atoms with E-state index >= 15 is 0 Å². The zero-order valence-corrected chi connectivity index (χ0v) is 15.4. The molecule has 0 aromatic carbocycles. The fraction of sp³-hybridized carbons (Fsp3) is 0.471. The zero-order valence-electron chi connectivity index (χ0n) is 15.4. The van der Waals surface area contributed by atoms with Gasteiger partial charge < -0.3 is 10.3 Å². The molecule has 0 unspecified atom stereocenters. The smallest absolute Gasteiger partial charge is 0.263 e. The molecule has 0 saturated heterocycles. The van der Waals surface area contributed by atoms with Gasteiger partial charge in [0.25, 0.3) is 5.56 Å². The van der Waals surface area contributed by atoms with Crippen LogP contribution in [-0.4, -0.2) is 20.4 Å². The molecule has 1 amide bonds. The summed E-state index contributed by atoms with van der Waals surface area (Å²) in [6.45, 7) is 11.5. The first kappa shape index (κ1) is 21.2. The van der Waals surface area contributed by atoms with Gasteiger partial charge >= 0.3 is 0 Å². The van der Waals surface area contributed by atoms with E-state index in [9.17, 15) is 9.59 Å². The van der Waals surface area contributed by atoms with E-state index in [-0.39, 0.29) is 23.3 Å². The van der Waals surface area contributed by atoms with Crippen LogP contribution in [0, 0.1) is 17.9 Å². The van der Waals surface area contributed by atoms with E-state index in [4.69, 9.17) is 5.73 Å². The fourth-order valence-corrected chi connectivity index (χ4v) is 1.69. The molecule has 2 aromatic rings. The third-order valence-corrected chi connectivity index (χ3v) is 2.75. The van der Waals surface area contributed by atoms with E-state index in [1.54, 1.807) is 31.7 Å². The lowest BCUT2D eigenvalue weighted by atomic mass is 10.2. The Balaban J connectivity index is 0.00000123.